The Kier molecular flexibility index (Phi) is 3.39. The lowest BCUT2D eigenvalue weighted by Crippen LogP contribution is -2.45. The van der Waals surface area contributed by atoms with Crippen molar-refractivity contribution >= 4 is 6.03 Å². The van der Waals surface area contributed by atoms with Crippen LogP contribution in [0, 0.1) is 0 Å². The number of halogens is 1. The normalized spacial score (nSPS) is 28.7. The van der Waals surface area contributed by atoms with Gasteiger partial charge in [0.15, 0.2) is 0 Å². The average Bonchev–Trinajstić information content (AvgIpc) is 2.64. The minimum Gasteiger partial charge on any atom is -0.385 e. The maximum Gasteiger partial charge on any atom is 0.315 e. The van der Waals surface area contributed by atoms with Crippen LogP contribution in [0.2, 0.25) is 0 Å². The first-order chi connectivity index (χ1) is 9.93. The SMILES string of the molecule is CC1Cc2nn3c(c2CN1C(N)=O)CCCC(O)(CF)C3. The van der Waals surface area contributed by atoms with Crippen molar-refractivity contribution in [2.75, 3.05) is 6.67 Å². The molecule has 0 fully saturated rings. The molecule has 1 aromatic rings. The van der Waals surface area contributed by atoms with E-state index in [1.165, 1.54) is 0 Å². The fourth-order valence-electron chi connectivity index (χ4n) is 3.41. The molecule has 7 heteroatoms. The summed E-state index contributed by atoms with van der Waals surface area (Å²) in [7, 11) is 0. The molecule has 2 atom stereocenters. The van der Waals surface area contributed by atoms with Gasteiger partial charge in [0.05, 0.1) is 18.8 Å². The molecule has 0 saturated carbocycles. The van der Waals surface area contributed by atoms with Crippen molar-refractivity contribution in [2.45, 2.75) is 57.3 Å². The van der Waals surface area contributed by atoms with Gasteiger partial charge >= 0.3 is 6.03 Å². The number of hydrogen-bond donors (Lipinski definition) is 2. The number of hydrogen-bond acceptors (Lipinski definition) is 3. The van der Waals surface area contributed by atoms with E-state index in [0.717, 1.165) is 23.4 Å². The molecule has 1 aromatic heterocycles. The molecule has 2 aliphatic rings. The molecule has 6 nitrogen and oxygen atoms in total. The quantitative estimate of drug-likeness (QED) is 0.802. The van der Waals surface area contributed by atoms with Crippen molar-refractivity contribution in [3.8, 4) is 0 Å². The third-order valence-electron chi connectivity index (χ3n) is 4.63. The van der Waals surface area contributed by atoms with Gasteiger partial charge in [0.2, 0.25) is 0 Å². The third kappa shape index (κ3) is 2.39. The molecule has 0 spiro atoms. The summed E-state index contributed by atoms with van der Waals surface area (Å²) < 4.78 is 14.8. The molecule has 2 amide bonds. The zero-order valence-electron chi connectivity index (χ0n) is 12.2. The van der Waals surface area contributed by atoms with Crippen LogP contribution in [0.4, 0.5) is 9.18 Å². The molecule has 2 aliphatic heterocycles. The summed E-state index contributed by atoms with van der Waals surface area (Å²) in [6.45, 7) is 1.81. The Morgan fingerprint density at radius 1 is 1.62 bits per heavy atom. The zero-order chi connectivity index (χ0) is 15.2. The molecule has 2 unspecified atom stereocenters. The molecule has 3 N–H and O–H groups in total. The van der Waals surface area contributed by atoms with Crippen LogP contribution in [0.3, 0.4) is 0 Å². The predicted octanol–water partition coefficient (Wildman–Crippen LogP) is 0.745. The molecule has 3 heterocycles. The monoisotopic (exact) mass is 296 g/mol. The second-order valence-electron chi connectivity index (χ2n) is 6.26. The fourth-order valence-corrected chi connectivity index (χ4v) is 3.41. The number of nitrogens with zero attached hydrogens (tertiary/aromatic N) is 3. The second kappa shape index (κ2) is 4.98. The summed E-state index contributed by atoms with van der Waals surface area (Å²) in [6, 6.07) is -0.420. The number of amides is 2. The van der Waals surface area contributed by atoms with Crippen LogP contribution in [0.5, 0.6) is 0 Å². The standard InChI is InChI=1S/C14H21FN4O2/c1-9-5-11-10(6-18(9)13(16)20)12-3-2-4-14(21,7-15)8-19(12)17-11/h9,21H,2-8H2,1H3,(H2,16,20). The number of alkyl halides is 1. The Bertz CT molecular complexity index is 574. The molecule has 116 valence electrons. The molecular formula is C14H21FN4O2. The van der Waals surface area contributed by atoms with Crippen LogP contribution in [-0.4, -0.2) is 44.1 Å². The van der Waals surface area contributed by atoms with Crippen LogP contribution in [-0.2, 0) is 25.9 Å². The highest BCUT2D eigenvalue weighted by Gasteiger charge is 2.36. The van der Waals surface area contributed by atoms with Crippen molar-refractivity contribution in [3.63, 3.8) is 0 Å². The smallest absolute Gasteiger partial charge is 0.315 e. The summed E-state index contributed by atoms with van der Waals surface area (Å²) >= 11 is 0. The first-order valence-electron chi connectivity index (χ1n) is 7.35. The van der Waals surface area contributed by atoms with Gasteiger partial charge in [0, 0.05) is 23.7 Å². The summed E-state index contributed by atoms with van der Waals surface area (Å²) in [6.07, 6.45) is 2.53. The number of urea groups is 1. The lowest BCUT2D eigenvalue weighted by Gasteiger charge is -2.31. The maximum absolute atomic E-state index is 13.1. The van der Waals surface area contributed by atoms with Crippen LogP contribution in [0.25, 0.3) is 0 Å². The molecule has 0 bridgehead atoms. The fraction of sp³-hybridized carbons (Fsp3) is 0.714. The van der Waals surface area contributed by atoms with Gasteiger partial charge in [-0.15, -0.1) is 0 Å². The first-order valence-corrected chi connectivity index (χ1v) is 7.35. The van der Waals surface area contributed by atoms with Gasteiger partial charge in [-0.1, -0.05) is 0 Å². The van der Waals surface area contributed by atoms with Gasteiger partial charge in [-0.2, -0.15) is 5.10 Å². The van der Waals surface area contributed by atoms with Crippen molar-refractivity contribution in [2.24, 2.45) is 5.73 Å². The Morgan fingerprint density at radius 2 is 2.38 bits per heavy atom. The number of aromatic nitrogens is 2. The average molecular weight is 296 g/mol. The van der Waals surface area contributed by atoms with Gasteiger partial charge < -0.3 is 15.7 Å². The number of aliphatic hydroxyl groups is 1. The summed E-state index contributed by atoms with van der Waals surface area (Å²) in [5.74, 6) is 0. The molecule has 0 saturated heterocycles. The number of nitrogens with two attached hydrogens (primary N) is 1. The van der Waals surface area contributed by atoms with Crippen molar-refractivity contribution in [1.82, 2.24) is 14.7 Å². The van der Waals surface area contributed by atoms with Gasteiger partial charge in [-0.25, -0.2) is 9.18 Å². The van der Waals surface area contributed by atoms with Crippen molar-refractivity contribution in [3.05, 3.63) is 17.0 Å². The van der Waals surface area contributed by atoms with Crippen LogP contribution >= 0.6 is 0 Å². The molecule has 3 rings (SSSR count). The first kappa shape index (κ1) is 14.3. The Hall–Kier alpha value is -1.63. The highest BCUT2D eigenvalue weighted by Crippen LogP contribution is 2.31. The highest BCUT2D eigenvalue weighted by atomic mass is 19.1. The number of carbonyl (C=O) groups is 1. The van der Waals surface area contributed by atoms with E-state index in [4.69, 9.17) is 5.73 Å². The molecule has 0 aromatic carbocycles. The summed E-state index contributed by atoms with van der Waals surface area (Å²) in [5, 5.41) is 14.8. The van der Waals surface area contributed by atoms with E-state index in [0.29, 0.717) is 25.8 Å². The third-order valence-corrected chi connectivity index (χ3v) is 4.63. The Balaban J connectivity index is 1.97. The Labute approximate surface area is 122 Å². The van der Waals surface area contributed by atoms with Crippen LogP contribution in [0.1, 0.15) is 36.7 Å². The zero-order valence-corrected chi connectivity index (χ0v) is 12.2. The van der Waals surface area contributed by atoms with Gasteiger partial charge in [-0.3, -0.25) is 4.68 Å². The number of fused-ring (bicyclic) bond motifs is 3. The molecule has 21 heavy (non-hydrogen) atoms. The number of primary amides is 1. The minimum absolute atomic E-state index is 0.00852. The molecule has 0 aliphatic carbocycles. The predicted molar refractivity (Wildman–Crippen MR) is 74.4 cm³/mol. The number of carbonyl (C=O) groups excluding carboxylic acids is 1. The lowest BCUT2D eigenvalue weighted by atomic mass is 9.96. The van der Waals surface area contributed by atoms with E-state index in [-0.39, 0.29) is 12.6 Å². The molecular weight excluding hydrogens is 275 g/mol. The van der Waals surface area contributed by atoms with Gasteiger partial charge in [0.1, 0.15) is 12.3 Å². The van der Waals surface area contributed by atoms with E-state index in [2.05, 4.69) is 5.10 Å². The van der Waals surface area contributed by atoms with E-state index < -0.39 is 18.3 Å². The van der Waals surface area contributed by atoms with E-state index >= 15 is 0 Å². The van der Waals surface area contributed by atoms with Gasteiger partial charge in [0.25, 0.3) is 0 Å². The summed E-state index contributed by atoms with van der Waals surface area (Å²) in [5.41, 5.74) is 7.07. The summed E-state index contributed by atoms with van der Waals surface area (Å²) in [4.78, 5) is 13.1. The van der Waals surface area contributed by atoms with E-state index in [1.54, 1.807) is 9.58 Å². The molecule has 0 radical (unpaired) electrons. The maximum atomic E-state index is 13.1. The Morgan fingerprint density at radius 3 is 3.05 bits per heavy atom. The van der Waals surface area contributed by atoms with E-state index in [9.17, 15) is 14.3 Å². The van der Waals surface area contributed by atoms with Crippen LogP contribution < -0.4 is 5.73 Å². The van der Waals surface area contributed by atoms with Crippen molar-refractivity contribution < 1.29 is 14.3 Å². The van der Waals surface area contributed by atoms with E-state index in [1.807, 2.05) is 6.92 Å². The highest BCUT2D eigenvalue weighted by molar-refractivity contribution is 5.72. The largest absolute Gasteiger partial charge is 0.385 e. The number of rotatable bonds is 1. The van der Waals surface area contributed by atoms with Crippen molar-refractivity contribution in [1.29, 1.82) is 0 Å². The van der Waals surface area contributed by atoms with Gasteiger partial charge in [-0.05, 0) is 26.2 Å². The topological polar surface area (TPSA) is 84.4 Å². The second-order valence-corrected chi connectivity index (χ2v) is 6.26. The minimum atomic E-state index is -1.32. The lowest BCUT2D eigenvalue weighted by molar-refractivity contribution is -0.00866. The van der Waals surface area contributed by atoms with Crippen LogP contribution in [0.15, 0.2) is 0 Å².